The van der Waals surface area contributed by atoms with E-state index in [0.29, 0.717) is 5.56 Å². The van der Waals surface area contributed by atoms with Gasteiger partial charge in [-0.2, -0.15) is 17.0 Å². The number of fused-ring (bicyclic) bond motifs is 1. The molecule has 0 N–H and O–H groups in total. The summed E-state index contributed by atoms with van der Waals surface area (Å²) in [7, 11) is -0.154. The molecular formula is C28H36N4O2SSi. The Kier molecular flexibility index (Phi) is 7.38. The van der Waals surface area contributed by atoms with Gasteiger partial charge in [0.1, 0.15) is 11.6 Å². The minimum atomic E-state index is -1.83. The third kappa shape index (κ3) is 5.39. The van der Waals surface area contributed by atoms with Gasteiger partial charge in [-0.05, 0) is 60.4 Å². The predicted molar refractivity (Wildman–Crippen MR) is 150 cm³/mol. The highest BCUT2D eigenvalue weighted by Crippen LogP contribution is 2.41. The van der Waals surface area contributed by atoms with Crippen LogP contribution in [0.1, 0.15) is 39.1 Å². The zero-order chi connectivity index (χ0) is 26.1. The van der Waals surface area contributed by atoms with Crippen LogP contribution in [0.2, 0.25) is 18.1 Å². The van der Waals surface area contributed by atoms with Gasteiger partial charge >= 0.3 is 0 Å². The van der Waals surface area contributed by atoms with E-state index >= 15 is 0 Å². The summed E-state index contributed by atoms with van der Waals surface area (Å²) in [6, 6.07) is 15.9. The smallest absolute Gasteiger partial charge is 0.192 e. The number of benzene rings is 2. The Morgan fingerprint density at radius 2 is 1.89 bits per heavy atom. The van der Waals surface area contributed by atoms with Gasteiger partial charge in [-0.3, -0.25) is 0 Å². The van der Waals surface area contributed by atoms with Gasteiger partial charge in [0.25, 0.3) is 0 Å². The van der Waals surface area contributed by atoms with Crippen molar-refractivity contribution in [1.82, 2.24) is 14.8 Å². The quantitative estimate of drug-likeness (QED) is 0.343. The van der Waals surface area contributed by atoms with Crippen LogP contribution in [0.5, 0.6) is 5.75 Å². The van der Waals surface area contributed by atoms with Gasteiger partial charge in [0.2, 0.25) is 0 Å². The van der Waals surface area contributed by atoms with Crippen LogP contribution in [0, 0.1) is 11.3 Å². The van der Waals surface area contributed by atoms with Gasteiger partial charge in [0.05, 0.1) is 24.3 Å². The second kappa shape index (κ2) is 10.0. The number of thioether (sulfide) groups is 1. The van der Waals surface area contributed by atoms with Gasteiger partial charge in [-0.1, -0.05) is 39.0 Å². The number of rotatable bonds is 6. The Hall–Kier alpha value is -2.60. The molecule has 1 aromatic heterocycles. The molecule has 2 heterocycles. The maximum atomic E-state index is 9.26. The second-order valence-corrected chi connectivity index (χ2v) is 17.7. The fourth-order valence-corrected chi connectivity index (χ4v) is 6.49. The van der Waals surface area contributed by atoms with Crippen molar-refractivity contribution in [2.45, 2.75) is 63.5 Å². The summed E-state index contributed by atoms with van der Waals surface area (Å²) >= 11 is 1.97. The van der Waals surface area contributed by atoms with E-state index in [1.807, 2.05) is 48.2 Å². The normalized spacial score (nSPS) is 18.3. The molecule has 1 aliphatic rings. The third-order valence-electron chi connectivity index (χ3n) is 7.44. The topological polar surface area (TPSA) is 73.0 Å². The first kappa shape index (κ1) is 26.5. The lowest BCUT2D eigenvalue weighted by atomic mass is 10.0. The van der Waals surface area contributed by atoms with E-state index in [9.17, 15) is 5.26 Å². The van der Waals surface area contributed by atoms with Crippen molar-refractivity contribution in [2.75, 3.05) is 19.5 Å². The van der Waals surface area contributed by atoms with E-state index in [-0.39, 0.29) is 9.79 Å². The van der Waals surface area contributed by atoms with Crippen molar-refractivity contribution in [3.05, 3.63) is 53.9 Å². The first-order chi connectivity index (χ1) is 17.0. The molecule has 0 saturated carbocycles. The van der Waals surface area contributed by atoms with Crippen LogP contribution in [-0.2, 0) is 17.4 Å². The minimum Gasteiger partial charge on any atom is -0.496 e. The molecule has 36 heavy (non-hydrogen) atoms. The molecule has 1 unspecified atom stereocenters. The summed E-state index contributed by atoms with van der Waals surface area (Å²) in [4.78, 5) is 0. The van der Waals surface area contributed by atoms with E-state index < -0.39 is 8.32 Å². The van der Waals surface area contributed by atoms with E-state index in [2.05, 4.69) is 67.7 Å². The van der Waals surface area contributed by atoms with Crippen LogP contribution >= 0.6 is 11.8 Å². The summed E-state index contributed by atoms with van der Waals surface area (Å²) in [5.74, 6) is 3.53. The SMILES string of the molecule is COc1cc(-c2cccc(C#N)c2)ccc1-c1nnc2n1CCSC(C)(CO[Si](C)(C)C(C)(C)C)C2. The predicted octanol–water partition coefficient (Wildman–Crippen LogP) is 6.56. The second-order valence-electron chi connectivity index (χ2n) is 11.2. The van der Waals surface area contributed by atoms with E-state index in [4.69, 9.17) is 9.16 Å². The highest BCUT2D eigenvalue weighted by Gasteiger charge is 2.40. The maximum absolute atomic E-state index is 9.26. The molecule has 0 aliphatic carbocycles. The monoisotopic (exact) mass is 520 g/mol. The molecule has 0 amide bonds. The number of nitriles is 1. The van der Waals surface area contributed by atoms with E-state index in [0.717, 1.165) is 59.4 Å². The molecule has 0 radical (unpaired) electrons. The van der Waals surface area contributed by atoms with Crippen molar-refractivity contribution in [3.8, 4) is 34.3 Å². The number of ether oxygens (including phenoxy) is 1. The average molecular weight is 521 g/mol. The van der Waals surface area contributed by atoms with Crippen molar-refractivity contribution >= 4 is 20.1 Å². The molecule has 8 heteroatoms. The summed E-state index contributed by atoms with van der Waals surface area (Å²) in [5.41, 5.74) is 3.53. The van der Waals surface area contributed by atoms with Gasteiger partial charge in [0.15, 0.2) is 14.1 Å². The summed E-state index contributed by atoms with van der Waals surface area (Å²) in [5, 5.41) is 18.7. The van der Waals surface area contributed by atoms with Gasteiger partial charge in [-0.15, -0.1) is 10.2 Å². The fourth-order valence-electron chi connectivity index (χ4n) is 4.14. The average Bonchev–Trinajstić information content (AvgIpc) is 3.14. The zero-order valence-corrected chi connectivity index (χ0v) is 24.2. The third-order valence-corrected chi connectivity index (χ3v) is 13.3. The number of hydrogen-bond donors (Lipinski definition) is 0. The lowest BCUT2D eigenvalue weighted by Gasteiger charge is -2.39. The van der Waals surface area contributed by atoms with Crippen molar-refractivity contribution in [1.29, 1.82) is 5.26 Å². The highest BCUT2D eigenvalue weighted by atomic mass is 32.2. The van der Waals surface area contributed by atoms with E-state index in [1.165, 1.54) is 0 Å². The van der Waals surface area contributed by atoms with Gasteiger partial charge in [-0.25, -0.2) is 0 Å². The van der Waals surface area contributed by atoms with E-state index in [1.54, 1.807) is 7.11 Å². The Morgan fingerprint density at radius 3 is 2.58 bits per heavy atom. The first-order valence-corrected chi connectivity index (χ1v) is 16.2. The number of nitrogens with zero attached hydrogens (tertiary/aromatic N) is 4. The lowest BCUT2D eigenvalue weighted by molar-refractivity contribution is 0.252. The van der Waals surface area contributed by atoms with Crippen LogP contribution in [-0.4, -0.2) is 47.3 Å². The lowest BCUT2D eigenvalue weighted by Crippen LogP contribution is -2.45. The largest absolute Gasteiger partial charge is 0.496 e. The molecule has 2 aromatic carbocycles. The molecule has 4 rings (SSSR count). The molecule has 0 bridgehead atoms. The summed E-state index contributed by atoms with van der Waals surface area (Å²) < 4.78 is 14.6. The van der Waals surface area contributed by atoms with Crippen molar-refractivity contribution < 1.29 is 9.16 Å². The molecule has 3 aromatic rings. The first-order valence-electron chi connectivity index (χ1n) is 12.4. The molecule has 0 spiro atoms. The number of hydrogen-bond acceptors (Lipinski definition) is 6. The summed E-state index contributed by atoms with van der Waals surface area (Å²) in [6.45, 7) is 15.3. The minimum absolute atomic E-state index is 0.0478. The summed E-state index contributed by atoms with van der Waals surface area (Å²) in [6.07, 6.45) is 0.806. The standard InChI is InChI=1S/C28H36N4O2SSi/c1-27(2,3)36(6,7)34-19-28(4)17-25-30-31-26(32(25)13-14-35-28)23-12-11-22(16-24(23)33-5)21-10-8-9-20(15-21)18-29/h8-12,15-16H,13-14,17,19H2,1-7H3. The molecule has 0 saturated heterocycles. The van der Waals surface area contributed by atoms with Gasteiger partial charge < -0.3 is 13.7 Å². The molecule has 1 atom stereocenters. The van der Waals surface area contributed by atoms with Crippen LogP contribution < -0.4 is 4.74 Å². The Labute approximate surface area is 220 Å². The number of methoxy groups -OCH3 is 1. The van der Waals surface area contributed by atoms with Crippen LogP contribution in [0.4, 0.5) is 0 Å². The van der Waals surface area contributed by atoms with Crippen LogP contribution in [0.25, 0.3) is 22.5 Å². The van der Waals surface area contributed by atoms with Crippen LogP contribution in [0.3, 0.4) is 0 Å². The molecule has 190 valence electrons. The molecule has 1 aliphatic heterocycles. The maximum Gasteiger partial charge on any atom is 0.192 e. The molecule has 0 fully saturated rings. The van der Waals surface area contributed by atoms with Gasteiger partial charge in [0, 0.05) is 30.1 Å². The Bertz CT molecular complexity index is 1290. The molecule has 6 nitrogen and oxygen atoms in total. The van der Waals surface area contributed by atoms with Crippen LogP contribution in [0.15, 0.2) is 42.5 Å². The zero-order valence-electron chi connectivity index (χ0n) is 22.4. The fraction of sp³-hybridized carbons (Fsp3) is 0.464. The Balaban J connectivity index is 1.61. The highest BCUT2D eigenvalue weighted by molar-refractivity contribution is 8.00. The number of aromatic nitrogens is 3. The Morgan fingerprint density at radius 1 is 1.14 bits per heavy atom. The molecular weight excluding hydrogens is 484 g/mol. The van der Waals surface area contributed by atoms with Crippen molar-refractivity contribution in [3.63, 3.8) is 0 Å². The van der Waals surface area contributed by atoms with Crippen molar-refractivity contribution in [2.24, 2.45) is 0 Å².